The van der Waals surface area contributed by atoms with Gasteiger partial charge in [-0.3, -0.25) is 0 Å². The second-order valence-corrected chi connectivity index (χ2v) is 2.68. The van der Waals surface area contributed by atoms with Crippen LogP contribution in [0.2, 0.25) is 0 Å². The van der Waals surface area contributed by atoms with E-state index in [1.54, 1.807) is 14.2 Å². The molecule has 0 aromatic rings. The van der Waals surface area contributed by atoms with E-state index in [0.717, 1.165) is 19.3 Å². The molecule has 0 saturated heterocycles. The standard InChI is InChI=1S/C9H17NO2/c1-4-9(11-2,12-3)7-5-6-8-10/h4-7H2,1-3H3. The number of methoxy groups -OCH3 is 2. The number of rotatable bonds is 6. The van der Waals surface area contributed by atoms with E-state index in [9.17, 15) is 0 Å². The van der Waals surface area contributed by atoms with Crippen molar-refractivity contribution in [2.24, 2.45) is 0 Å². The summed E-state index contributed by atoms with van der Waals surface area (Å²) >= 11 is 0. The normalized spacial score (nSPS) is 11.2. The topological polar surface area (TPSA) is 42.2 Å². The third-order valence-electron chi connectivity index (χ3n) is 2.13. The first-order chi connectivity index (χ1) is 5.74. The fourth-order valence-corrected chi connectivity index (χ4v) is 1.19. The van der Waals surface area contributed by atoms with Gasteiger partial charge in [-0.2, -0.15) is 5.26 Å². The number of ether oxygens (including phenoxy) is 2. The predicted octanol–water partition coefficient (Wildman–Crippen LogP) is 2.08. The molecule has 3 heteroatoms. The molecule has 70 valence electrons. The van der Waals surface area contributed by atoms with Crippen LogP contribution in [0.3, 0.4) is 0 Å². The molecule has 0 fully saturated rings. The molecule has 0 heterocycles. The van der Waals surface area contributed by atoms with Crippen molar-refractivity contribution in [2.75, 3.05) is 14.2 Å². The fourth-order valence-electron chi connectivity index (χ4n) is 1.19. The fraction of sp³-hybridized carbons (Fsp3) is 0.889. The van der Waals surface area contributed by atoms with Crippen LogP contribution in [0.1, 0.15) is 32.6 Å². The van der Waals surface area contributed by atoms with Crippen LogP contribution >= 0.6 is 0 Å². The Morgan fingerprint density at radius 2 is 1.92 bits per heavy atom. The largest absolute Gasteiger partial charge is 0.353 e. The van der Waals surface area contributed by atoms with Crippen molar-refractivity contribution in [2.45, 2.75) is 38.4 Å². The van der Waals surface area contributed by atoms with Gasteiger partial charge in [0.15, 0.2) is 5.79 Å². The van der Waals surface area contributed by atoms with Gasteiger partial charge >= 0.3 is 0 Å². The maximum atomic E-state index is 8.35. The zero-order chi connectivity index (χ0) is 9.45. The first-order valence-electron chi connectivity index (χ1n) is 4.22. The highest BCUT2D eigenvalue weighted by atomic mass is 16.7. The Kier molecular flexibility index (Phi) is 5.69. The second-order valence-electron chi connectivity index (χ2n) is 2.68. The van der Waals surface area contributed by atoms with Crippen molar-refractivity contribution in [1.82, 2.24) is 0 Å². The van der Waals surface area contributed by atoms with Gasteiger partial charge in [0.2, 0.25) is 0 Å². The Morgan fingerprint density at radius 3 is 2.25 bits per heavy atom. The molecular formula is C9H17NO2. The number of unbranched alkanes of at least 4 members (excludes halogenated alkanes) is 1. The van der Waals surface area contributed by atoms with Gasteiger partial charge < -0.3 is 9.47 Å². The molecule has 0 bridgehead atoms. The van der Waals surface area contributed by atoms with Gasteiger partial charge in [0.1, 0.15) is 0 Å². The van der Waals surface area contributed by atoms with Gasteiger partial charge in [-0.05, 0) is 12.8 Å². The molecule has 0 aliphatic heterocycles. The van der Waals surface area contributed by atoms with Crippen LogP contribution in [0.25, 0.3) is 0 Å². The van der Waals surface area contributed by atoms with E-state index in [0.29, 0.717) is 6.42 Å². The quantitative estimate of drug-likeness (QED) is 0.454. The van der Waals surface area contributed by atoms with E-state index < -0.39 is 5.79 Å². The van der Waals surface area contributed by atoms with Crippen LogP contribution < -0.4 is 0 Å². The highest BCUT2D eigenvalue weighted by molar-refractivity contribution is 4.73. The summed E-state index contributed by atoms with van der Waals surface area (Å²) in [5, 5.41) is 8.35. The zero-order valence-electron chi connectivity index (χ0n) is 8.09. The number of nitriles is 1. The average molecular weight is 171 g/mol. The Morgan fingerprint density at radius 1 is 1.33 bits per heavy atom. The van der Waals surface area contributed by atoms with Gasteiger partial charge in [0, 0.05) is 27.1 Å². The molecule has 0 aromatic heterocycles. The lowest BCUT2D eigenvalue weighted by atomic mass is 10.1. The summed E-state index contributed by atoms with van der Waals surface area (Å²) in [7, 11) is 3.28. The maximum Gasteiger partial charge on any atom is 0.167 e. The monoisotopic (exact) mass is 171 g/mol. The third-order valence-corrected chi connectivity index (χ3v) is 2.13. The minimum atomic E-state index is -0.475. The minimum Gasteiger partial charge on any atom is -0.353 e. The Balaban J connectivity index is 3.86. The smallest absolute Gasteiger partial charge is 0.167 e. The van der Waals surface area contributed by atoms with Gasteiger partial charge in [-0.15, -0.1) is 0 Å². The van der Waals surface area contributed by atoms with Crippen LogP contribution in [0.5, 0.6) is 0 Å². The summed E-state index contributed by atoms with van der Waals surface area (Å²) in [6.45, 7) is 2.01. The van der Waals surface area contributed by atoms with E-state index in [1.165, 1.54) is 0 Å². The Hall–Kier alpha value is -0.590. The van der Waals surface area contributed by atoms with E-state index >= 15 is 0 Å². The lowest BCUT2D eigenvalue weighted by Gasteiger charge is -2.29. The predicted molar refractivity (Wildman–Crippen MR) is 46.5 cm³/mol. The van der Waals surface area contributed by atoms with E-state index in [2.05, 4.69) is 6.07 Å². The van der Waals surface area contributed by atoms with Crippen molar-refractivity contribution < 1.29 is 9.47 Å². The molecule has 0 atom stereocenters. The Bertz CT molecular complexity index is 139. The second kappa shape index (κ2) is 5.99. The van der Waals surface area contributed by atoms with Crippen molar-refractivity contribution in [3.05, 3.63) is 0 Å². The summed E-state index contributed by atoms with van der Waals surface area (Å²) < 4.78 is 10.5. The van der Waals surface area contributed by atoms with Crippen molar-refractivity contribution >= 4 is 0 Å². The van der Waals surface area contributed by atoms with Crippen LogP contribution in [-0.4, -0.2) is 20.0 Å². The lowest BCUT2D eigenvalue weighted by Crippen LogP contribution is -2.32. The lowest BCUT2D eigenvalue weighted by molar-refractivity contribution is -0.212. The summed E-state index contributed by atoms with van der Waals surface area (Å²) in [4.78, 5) is 0. The van der Waals surface area contributed by atoms with Gasteiger partial charge in [0.25, 0.3) is 0 Å². The molecule has 0 aromatic carbocycles. The molecule has 0 amide bonds. The van der Waals surface area contributed by atoms with Crippen molar-refractivity contribution in [3.63, 3.8) is 0 Å². The molecule has 0 saturated carbocycles. The summed E-state index contributed by atoms with van der Waals surface area (Å²) in [5.41, 5.74) is 0. The molecule has 0 aliphatic carbocycles. The molecule has 3 nitrogen and oxygen atoms in total. The zero-order valence-corrected chi connectivity index (χ0v) is 8.09. The molecule has 0 spiro atoms. The van der Waals surface area contributed by atoms with E-state index in [4.69, 9.17) is 14.7 Å². The number of hydrogen-bond acceptors (Lipinski definition) is 3. The van der Waals surface area contributed by atoms with Gasteiger partial charge in [-0.25, -0.2) is 0 Å². The van der Waals surface area contributed by atoms with Crippen molar-refractivity contribution in [3.8, 4) is 6.07 Å². The molecule has 0 radical (unpaired) electrons. The third kappa shape index (κ3) is 3.21. The van der Waals surface area contributed by atoms with Crippen LogP contribution in [0, 0.1) is 11.3 Å². The maximum absolute atomic E-state index is 8.35. The molecule has 0 aliphatic rings. The van der Waals surface area contributed by atoms with Crippen molar-refractivity contribution in [1.29, 1.82) is 5.26 Å². The summed E-state index contributed by atoms with van der Waals surface area (Å²) in [6, 6.07) is 2.10. The van der Waals surface area contributed by atoms with E-state index in [-0.39, 0.29) is 0 Å². The SMILES string of the molecule is CCC(CCCC#N)(OC)OC. The van der Waals surface area contributed by atoms with E-state index in [1.807, 2.05) is 6.92 Å². The summed E-state index contributed by atoms with van der Waals surface area (Å²) in [5.74, 6) is -0.475. The first-order valence-corrected chi connectivity index (χ1v) is 4.22. The average Bonchev–Trinajstić information content (AvgIpc) is 2.14. The highest BCUT2D eigenvalue weighted by Crippen LogP contribution is 2.22. The first kappa shape index (κ1) is 11.4. The highest BCUT2D eigenvalue weighted by Gasteiger charge is 2.25. The Labute approximate surface area is 74.3 Å². The number of hydrogen-bond donors (Lipinski definition) is 0. The van der Waals surface area contributed by atoms with Gasteiger partial charge in [0.05, 0.1) is 6.07 Å². The van der Waals surface area contributed by atoms with Gasteiger partial charge in [-0.1, -0.05) is 6.92 Å². The van der Waals surface area contributed by atoms with Crippen LogP contribution in [0.4, 0.5) is 0 Å². The summed E-state index contributed by atoms with van der Waals surface area (Å²) in [6.07, 6.45) is 2.98. The van der Waals surface area contributed by atoms with Crippen LogP contribution in [0.15, 0.2) is 0 Å². The molecule has 0 N–H and O–H groups in total. The molecule has 0 rings (SSSR count). The minimum absolute atomic E-state index is 0.475. The molecular weight excluding hydrogens is 154 g/mol. The molecule has 12 heavy (non-hydrogen) atoms. The number of nitrogens with zero attached hydrogens (tertiary/aromatic N) is 1. The molecule has 0 unspecified atom stereocenters. The van der Waals surface area contributed by atoms with Crippen LogP contribution in [-0.2, 0) is 9.47 Å².